The van der Waals surface area contributed by atoms with E-state index in [1.54, 1.807) is 0 Å². The van der Waals surface area contributed by atoms with Crippen LogP contribution in [0.2, 0.25) is 0 Å². The van der Waals surface area contributed by atoms with Gasteiger partial charge in [0, 0.05) is 18.8 Å². The standard InChI is InChI=1S/C17H9F2N5OS/c1-24(17-23-15-13(19)5-11(18)6-14(15)26-17)16(25)22-12-3-2-9(7-20)10(4-12)8-21/h2-6H,1H3,(H,22,25). The average molecular weight is 369 g/mol. The lowest BCUT2D eigenvalue weighted by atomic mass is 10.1. The van der Waals surface area contributed by atoms with Crippen molar-refractivity contribution < 1.29 is 13.6 Å². The molecule has 128 valence electrons. The smallest absolute Gasteiger partial charge is 0.307 e. The molecule has 6 nitrogen and oxygen atoms in total. The predicted octanol–water partition coefficient (Wildman–Crippen LogP) is 3.99. The SMILES string of the molecule is CN(C(=O)Nc1ccc(C#N)c(C#N)c1)c1nc2c(F)cc(F)cc2s1. The lowest BCUT2D eigenvalue weighted by Crippen LogP contribution is -2.31. The van der Waals surface area contributed by atoms with Gasteiger partial charge in [-0.05, 0) is 24.3 Å². The van der Waals surface area contributed by atoms with Crippen LogP contribution in [0.1, 0.15) is 11.1 Å². The van der Waals surface area contributed by atoms with Crippen LogP contribution in [0, 0.1) is 34.3 Å². The zero-order valence-corrected chi connectivity index (χ0v) is 14.1. The Morgan fingerprint density at radius 2 is 1.92 bits per heavy atom. The summed E-state index contributed by atoms with van der Waals surface area (Å²) in [6.07, 6.45) is 0. The van der Waals surface area contributed by atoms with Gasteiger partial charge in [-0.25, -0.2) is 18.6 Å². The fourth-order valence-electron chi connectivity index (χ4n) is 2.20. The van der Waals surface area contributed by atoms with Gasteiger partial charge in [0.05, 0.1) is 15.8 Å². The number of hydrogen-bond acceptors (Lipinski definition) is 5. The van der Waals surface area contributed by atoms with E-state index in [1.165, 1.54) is 25.2 Å². The summed E-state index contributed by atoms with van der Waals surface area (Å²) in [7, 11) is 1.43. The van der Waals surface area contributed by atoms with E-state index < -0.39 is 17.7 Å². The van der Waals surface area contributed by atoms with Gasteiger partial charge in [-0.15, -0.1) is 0 Å². The topological polar surface area (TPSA) is 92.8 Å². The second kappa shape index (κ2) is 6.75. The van der Waals surface area contributed by atoms with Gasteiger partial charge in [-0.1, -0.05) is 11.3 Å². The summed E-state index contributed by atoms with van der Waals surface area (Å²) in [5.41, 5.74) is 0.625. The van der Waals surface area contributed by atoms with Gasteiger partial charge in [0.2, 0.25) is 0 Å². The van der Waals surface area contributed by atoms with E-state index in [0.717, 1.165) is 28.4 Å². The number of nitrogens with zero attached hydrogens (tertiary/aromatic N) is 4. The van der Waals surface area contributed by atoms with Crippen molar-refractivity contribution in [2.75, 3.05) is 17.3 Å². The van der Waals surface area contributed by atoms with E-state index in [9.17, 15) is 13.6 Å². The van der Waals surface area contributed by atoms with Crippen LogP contribution in [0.4, 0.5) is 24.4 Å². The van der Waals surface area contributed by atoms with Crippen LogP contribution in [0.25, 0.3) is 10.2 Å². The van der Waals surface area contributed by atoms with Crippen LogP contribution >= 0.6 is 11.3 Å². The molecule has 2 amide bonds. The minimum Gasteiger partial charge on any atom is -0.307 e. The van der Waals surface area contributed by atoms with Gasteiger partial charge in [0.25, 0.3) is 0 Å². The third-order valence-corrected chi connectivity index (χ3v) is 4.58. The zero-order valence-electron chi connectivity index (χ0n) is 13.2. The van der Waals surface area contributed by atoms with Gasteiger partial charge in [-0.2, -0.15) is 10.5 Å². The lowest BCUT2D eigenvalue weighted by molar-refractivity contribution is 0.258. The van der Waals surface area contributed by atoms with Crippen LogP contribution in [0.5, 0.6) is 0 Å². The number of aromatic nitrogens is 1. The molecular weight excluding hydrogens is 360 g/mol. The predicted molar refractivity (Wildman–Crippen MR) is 92.8 cm³/mol. The van der Waals surface area contributed by atoms with Gasteiger partial charge in [0.15, 0.2) is 10.9 Å². The van der Waals surface area contributed by atoms with Crippen molar-refractivity contribution in [2.45, 2.75) is 0 Å². The number of thiazole rings is 1. The molecule has 0 bridgehead atoms. The number of rotatable bonds is 2. The first-order chi connectivity index (χ1) is 12.4. The highest BCUT2D eigenvalue weighted by atomic mass is 32.1. The summed E-state index contributed by atoms with van der Waals surface area (Å²) >= 11 is 0.965. The van der Waals surface area contributed by atoms with E-state index in [2.05, 4.69) is 10.3 Å². The molecule has 3 aromatic rings. The molecule has 0 saturated carbocycles. The van der Waals surface area contributed by atoms with Crippen molar-refractivity contribution in [3.8, 4) is 12.1 Å². The number of carbonyl (C=O) groups excluding carboxylic acids is 1. The molecule has 0 aliphatic carbocycles. The minimum atomic E-state index is -0.804. The van der Waals surface area contributed by atoms with Crippen LogP contribution in [0.3, 0.4) is 0 Å². The zero-order chi connectivity index (χ0) is 18.8. The van der Waals surface area contributed by atoms with E-state index in [4.69, 9.17) is 10.5 Å². The van der Waals surface area contributed by atoms with Gasteiger partial charge >= 0.3 is 6.03 Å². The van der Waals surface area contributed by atoms with Crippen molar-refractivity contribution in [3.63, 3.8) is 0 Å². The Morgan fingerprint density at radius 3 is 2.62 bits per heavy atom. The molecule has 26 heavy (non-hydrogen) atoms. The monoisotopic (exact) mass is 369 g/mol. The van der Waals surface area contributed by atoms with E-state index >= 15 is 0 Å². The molecule has 1 heterocycles. The highest BCUT2D eigenvalue weighted by Gasteiger charge is 2.18. The molecule has 3 rings (SSSR count). The molecule has 0 aliphatic heterocycles. The highest BCUT2D eigenvalue weighted by molar-refractivity contribution is 7.22. The molecule has 0 unspecified atom stereocenters. The molecule has 9 heteroatoms. The molecule has 0 fully saturated rings. The minimum absolute atomic E-state index is 0.0174. The van der Waals surface area contributed by atoms with Crippen molar-refractivity contribution >= 4 is 38.4 Å². The van der Waals surface area contributed by atoms with Crippen molar-refractivity contribution in [1.82, 2.24) is 4.98 Å². The Morgan fingerprint density at radius 1 is 1.19 bits per heavy atom. The molecule has 1 N–H and O–H groups in total. The number of nitriles is 2. The first-order valence-electron chi connectivity index (χ1n) is 7.17. The van der Waals surface area contributed by atoms with E-state index in [-0.39, 0.29) is 26.5 Å². The second-order valence-electron chi connectivity index (χ2n) is 5.20. The van der Waals surface area contributed by atoms with Gasteiger partial charge in [-0.3, -0.25) is 4.90 Å². The average Bonchev–Trinajstić information content (AvgIpc) is 3.05. The van der Waals surface area contributed by atoms with Crippen LogP contribution in [0.15, 0.2) is 30.3 Å². The largest absolute Gasteiger partial charge is 0.327 e. The molecule has 1 aromatic heterocycles. The number of hydrogen-bond donors (Lipinski definition) is 1. The Bertz CT molecular complexity index is 1110. The second-order valence-corrected chi connectivity index (χ2v) is 6.21. The maximum Gasteiger partial charge on any atom is 0.327 e. The fourth-order valence-corrected chi connectivity index (χ4v) is 3.16. The number of urea groups is 1. The lowest BCUT2D eigenvalue weighted by Gasteiger charge is -2.15. The number of nitrogens with one attached hydrogen (secondary N) is 1. The molecule has 0 aliphatic rings. The van der Waals surface area contributed by atoms with E-state index in [1.807, 2.05) is 12.1 Å². The number of carbonyl (C=O) groups is 1. The molecule has 0 atom stereocenters. The van der Waals surface area contributed by atoms with Gasteiger partial charge < -0.3 is 5.32 Å². The van der Waals surface area contributed by atoms with Crippen LogP contribution in [-0.2, 0) is 0 Å². The van der Waals surface area contributed by atoms with E-state index in [0.29, 0.717) is 5.69 Å². The number of fused-ring (bicyclic) bond motifs is 1. The summed E-state index contributed by atoms with van der Waals surface area (Å²) in [6, 6.07) is 9.32. The molecule has 0 radical (unpaired) electrons. The summed E-state index contributed by atoms with van der Waals surface area (Å²) in [5.74, 6) is -1.53. The van der Waals surface area contributed by atoms with Crippen molar-refractivity contribution in [3.05, 3.63) is 53.1 Å². The molecular formula is C17H9F2N5OS. The summed E-state index contributed by atoms with van der Waals surface area (Å²) in [4.78, 5) is 17.5. The molecule has 0 saturated heterocycles. The number of amides is 2. The van der Waals surface area contributed by atoms with Crippen molar-refractivity contribution in [1.29, 1.82) is 10.5 Å². The molecule has 2 aromatic carbocycles. The third kappa shape index (κ3) is 3.16. The highest BCUT2D eigenvalue weighted by Crippen LogP contribution is 2.30. The Kier molecular flexibility index (Phi) is 4.48. The maximum atomic E-state index is 13.8. The summed E-state index contributed by atoms with van der Waals surface area (Å²) in [6.45, 7) is 0. The Labute approximate surface area is 150 Å². The summed E-state index contributed by atoms with van der Waals surface area (Å²) in [5, 5.41) is 20.7. The summed E-state index contributed by atoms with van der Waals surface area (Å²) < 4.78 is 27.3. The van der Waals surface area contributed by atoms with Gasteiger partial charge in [0.1, 0.15) is 23.5 Å². The quantitative estimate of drug-likeness (QED) is 0.739. The third-order valence-electron chi connectivity index (χ3n) is 3.51. The number of anilines is 2. The first kappa shape index (κ1) is 17.3. The Hall–Kier alpha value is -3.56. The Balaban J connectivity index is 1.86. The van der Waals surface area contributed by atoms with Crippen molar-refractivity contribution in [2.24, 2.45) is 0 Å². The van der Waals surface area contributed by atoms with Crippen LogP contribution < -0.4 is 10.2 Å². The first-order valence-corrected chi connectivity index (χ1v) is 7.99. The molecule has 0 spiro atoms. The number of halogens is 2. The number of benzene rings is 2. The fraction of sp³-hybridized carbons (Fsp3) is 0.0588. The normalized spacial score (nSPS) is 10.2. The maximum absolute atomic E-state index is 13.8. The van der Waals surface area contributed by atoms with Crippen LogP contribution in [-0.4, -0.2) is 18.1 Å².